The minimum Gasteiger partial charge on any atom is -0.466 e. The molecule has 10 heteroatoms. The summed E-state index contributed by atoms with van der Waals surface area (Å²) in [7, 11) is 0. The number of hydrogen-bond donors (Lipinski definition) is 1. The van der Waals surface area contributed by atoms with Crippen LogP contribution in [0.1, 0.15) is 31.4 Å². The van der Waals surface area contributed by atoms with E-state index in [1.165, 1.54) is 28.0 Å². The van der Waals surface area contributed by atoms with Crippen molar-refractivity contribution in [1.82, 2.24) is 20.0 Å². The first-order valence-corrected chi connectivity index (χ1v) is 11.7. The lowest BCUT2D eigenvalue weighted by Gasteiger charge is -2.33. The van der Waals surface area contributed by atoms with Gasteiger partial charge < -0.3 is 19.9 Å². The van der Waals surface area contributed by atoms with Gasteiger partial charge in [0.15, 0.2) is 0 Å². The van der Waals surface area contributed by atoms with Crippen molar-refractivity contribution in [3.8, 4) is 0 Å². The molecule has 0 aliphatic carbocycles. The predicted octanol–water partition coefficient (Wildman–Crippen LogP) is 1.98. The van der Waals surface area contributed by atoms with Crippen molar-refractivity contribution in [2.45, 2.75) is 25.8 Å². The van der Waals surface area contributed by atoms with Crippen molar-refractivity contribution in [2.24, 2.45) is 5.92 Å². The van der Waals surface area contributed by atoms with Gasteiger partial charge in [-0.1, -0.05) is 18.2 Å². The molecule has 186 valence electrons. The fourth-order valence-corrected chi connectivity index (χ4v) is 4.82. The number of ether oxygens (including phenoxy) is 1. The number of nitrogens with zero attached hydrogens (tertiary/aromatic N) is 3. The standard InChI is InChI=1S/C25H29FN4O5/c1-3-10-30-19-14-29(15-20(31)28-11-8-16(9-12-28)24(33)35-4-2)23(32)21(19)22(27-25(30)34)17-6-5-7-18(26)13-17/h3,5-7,13,16,22H,1,4,8-12,14-15H2,2H3,(H,27,34)/t22-/m0/s1. The van der Waals surface area contributed by atoms with Gasteiger partial charge in [0, 0.05) is 19.6 Å². The molecule has 1 fully saturated rings. The van der Waals surface area contributed by atoms with E-state index in [9.17, 15) is 23.6 Å². The van der Waals surface area contributed by atoms with Crippen LogP contribution in [-0.2, 0) is 19.1 Å². The Morgan fingerprint density at radius 3 is 2.66 bits per heavy atom. The minimum absolute atomic E-state index is 0.0896. The summed E-state index contributed by atoms with van der Waals surface area (Å²) < 4.78 is 19.0. The fourth-order valence-electron chi connectivity index (χ4n) is 4.82. The lowest BCUT2D eigenvalue weighted by atomic mass is 9.95. The number of amides is 4. The van der Waals surface area contributed by atoms with E-state index in [1.807, 2.05) is 0 Å². The number of piperidine rings is 1. The van der Waals surface area contributed by atoms with Crippen molar-refractivity contribution < 1.29 is 28.3 Å². The second kappa shape index (κ2) is 10.3. The second-order valence-electron chi connectivity index (χ2n) is 8.77. The molecule has 1 N–H and O–H groups in total. The maximum Gasteiger partial charge on any atom is 0.322 e. The first-order chi connectivity index (χ1) is 16.8. The monoisotopic (exact) mass is 484 g/mol. The molecule has 1 aromatic rings. The van der Waals surface area contributed by atoms with E-state index in [0.717, 1.165) is 0 Å². The van der Waals surface area contributed by atoms with Crippen LogP contribution in [0, 0.1) is 11.7 Å². The average Bonchev–Trinajstić information content (AvgIpc) is 3.16. The molecule has 0 bridgehead atoms. The van der Waals surface area contributed by atoms with Crippen LogP contribution < -0.4 is 5.32 Å². The van der Waals surface area contributed by atoms with Crippen LogP contribution >= 0.6 is 0 Å². The molecule has 0 radical (unpaired) electrons. The molecule has 0 unspecified atom stereocenters. The Hall–Kier alpha value is -3.69. The van der Waals surface area contributed by atoms with Crippen molar-refractivity contribution in [1.29, 1.82) is 0 Å². The number of esters is 1. The number of nitrogens with one attached hydrogen (secondary N) is 1. The van der Waals surface area contributed by atoms with E-state index >= 15 is 0 Å². The summed E-state index contributed by atoms with van der Waals surface area (Å²) in [6.45, 7) is 6.71. The van der Waals surface area contributed by atoms with Gasteiger partial charge in [-0.25, -0.2) is 9.18 Å². The maximum atomic E-state index is 13.9. The highest BCUT2D eigenvalue weighted by Crippen LogP contribution is 2.36. The average molecular weight is 485 g/mol. The Morgan fingerprint density at radius 2 is 2.00 bits per heavy atom. The summed E-state index contributed by atoms with van der Waals surface area (Å²) >= 11 is 0. The number of halogens is 1. The molecule has 4 amide bonds. The third-order valence-electron chi connectivity index (χ3n) is 6.58. The molecule has 0 aromatic heterocycles. The van der Waals surface area contributed by atoms with Gasteiger partial charge in [0.2, 0.25) is 5.91 Å². The molecule has 0 saturated carbocycles. The zero-order chi connectivity index (χ0) is 25.1. The van der Waals surface area contributed by atoms with E-state index in [0.29, 0.717) is 49.4 Å². The number of likely N-dealkylation sites (tertiary alicyclic amines) is 1. The first-order valence-electron chi connectivity index (χ1n) is 11.7. The van der Waals surface area contributed by atoms with Crippen molar-refractivity contribution in [3.05, 3.63) is 59.6 Å². The summed E-state index contributed by atoms with van der Waals surface area (Å²) in [6, 6.07) is 4.51. The van der Waals surface area contributed by atoms with Crippen LogP contribution in [0.25, 0.3) is 0 Å². The molecule has 3 aliphatic rings. The Bertz CT molecular complexity index is 1080. The van der Waals surface area contributed by atoms with Crippen molar-refractivity contribution >= 4 is 23.8 Å². The van der Waals surface area contributed by atoms with Crippen LogP contribution in [-0.4, -0.2) is 77.8 Å². The van der Waals surface area contributed by atoms with E-state index in [4.69, 9.17) is 4.74 Å². The quantitative estimate of drug-likeness (QED) is 0.471. The van der Waals surface area contributed by atoms with Crippen LogP contribution in [0.4, 0.5) is 9.18 Å². The highest BCUT2D eigenvalue weighted by Gasteiger charge is 2.44. The van der Waals surface area contributed by atoms with E-state index in [1.54, 1.807) is 24.0 Å². The van der Waals surface area contributed by atoms with Crippen LogP contribution in [0.2, 0.25) is 0 Å². The number of urea groups is 1. The lowest BCUT2D eigenvalue weighted by Crippen LogP contribution is -2.47. The first kappa shape index (κ1) is 24.4. The largest absolute Gasteiger partial charge is 0.466 e. The molecule has 1 atom stereocenters. The second-order valence-corrected chi connectivity index (χ2v) is 8.77. The van der Waals surface area contributed by atoms with Gasteiger partial charge in [-0.05, 0) is 37.5 Å². The summed E-state index contributed by atoms with van der Waals surface area (Å²) in [5.41, 5.74) is 1.26. The normalized spacial score (nSPS) is 20.6. The van der Waals surface area contributed by atoms with E-state index in [-0.39, 0.29) is 43.3 Å². The smallest absolute Gasteiger partial charge is 0.322 e. The van der Waals surface area contributed by atoms with Gasteiger partial charge >= 0.3 is 12.0 Å². The Labute approximate surface area is 203 Å². The molecule has 3 heterocycles. The number of carbonyl (C=O) groups excluding carboxylic acids is 4. The van der Waals surface area contributed by atoms with Gasteiger partial charge in [-0.3, -0.25) is 19.3 Å². The molecule has 0 spiro atoms. The molecule has 9 nitrogen and oxygen atoms in total. The molecule has 1 saturated heterocycles. The van der Waals surface area contributed by atoms with Crippen molar-refractivity contribution in [3.63, 3.8) is 0 Å². The maximum absolute atomic E-state index is 13.9. The summed E-state index contributed by atoms with van der Waals surface area (Å²) in [5.74, 6) is -1.54. The van der Waals surface area contributed by atoms with E-state index < -0.39 is 17.9 Å². The summed E-state index contributed by atoms with van der Waals surface area (Å²) in [6.07, 6.45) is 2.58. The third kappa shape index (κ3) is 4.91. The Balaban J connectivity index is 1.49. The SMILES string of the molecule is C=CCN1C(=O)N[C@@H](c2cccc(F)c2)C2=C1CN(CC(=O)N1CCC(C(=O)OCC)CC1)C2=O. The van der Waals surface area contributed by atoms with Gasteiger partial charge in [0.05, 0.1) is 36.4 Å². The summed E-state index contributed by atoms with van der Waals surface area (Å²) in [4.78, 5) is 55.7. The minimum atomic E-state index is -0.817. The third-order valence-corrected chi connectivity index (χ3v) is 6.58. The molecule has 4 rings (SSSR count). The summed E-state index contributed by atoms with van der Waals surface area (Å²) in [5, 5.41) is 2.79. The van der Waals surface area contributed by atoms with Gasteiger partial charge in [-0.15, -0.1) is 6.58 Å². The van der Waals surface area contributed by atoms with Crippen LogP contribution in [0.15, 0.2) is 48.2 Å². The Morgan fingerprint density at radius 1 is 1.26 bits per heavy atom. The van der Waals surface area contributed by atoms with Gasteiger partial charge in [-0.2, -0.15) is 0 Å². The molecule has 1 aromatic carbocycles. The number of rotatable bonds is 7. The van der Waals surface area contributed by atoms with Crippen LogP contribution in [0.5, 0.6) is 0 Å². The number of hydrogen-bond acceptors (Lipinski definition) is 5. The van der Waals surface area contributed by atoms with Crippen LogP contribution in [0.3, 0.4) is 0 Å². The molecule has 3 aliphatic heterocycles. The molecular weight excluding hydrogens is 455 g/mol. The topological polar surface area (TPSA) is 99.3 Å². The van der Waals surface area contributed by atoms with Crippen molar-refractivity contribution in [2.75, 3.05) is 39.3 Å². The zero-order valence-electron chi connectivity index (χ0n) is 19.7. The number of benzene rings is 1. The van der Waals surface area contributed by atoms with Gasteiger partial charge in [0.25, 0.3) is 5.91 Å². The highest BCUT2D eigenvalue weighted by molar-refractivity contribution is 6.03. The Kier molecular flexibility index (Phi) is 7.18. The fraction of sp³-hybridized carbons (Fsp3) is 0.440. The zero-order valence-corrected chi connectivity index (χ0v) is 19.7. The molecule has 35 heavy (non-hydrogen) atoms. The predicted molar refractivity (Wildman–Crippen MR) is 124 cm³/mol. The highest BCUT2D eigenvalue weighted by atomic mass is 19.1. The van der Waals surface area contributed by atoms with E-state index in [2.05, 4.69) is 11.9 Å². The lowest BCUT2D eigenvalue weighted by molar-refractivity contribution is -0.151. The van der Waals surface area contributed by atoms with Gasteiger partial charge in [0.1, 0.15) is 12.4 Å². The molecular formula is C25H29FN4O5. The number of carbonyl (C=O) groups is 4.